The zero-order chi connectivity index (χ0) is 14.2. The minimum Gasteiger partial charge on any atom is -0.350 e. The summed E-state index contributed by atoms with van der Waals surface area (Å²) in [5, 5.41) is 5.15. The van der Waals surface area contributed by atoms with Crippen LogP contribution in [0.4, 0.5) is 0 Å². The molecule has 1 aliphatic carbocycles. The summed E-state index contributed by atoms with van der Waals surface area (Å²) in [5.41, 5.74) is -0.349. The first-order valence-electron chi connectivity index (χ1n) is 7.21. The van der Waals surface area contributed by atoms with E-state index in [1.54, 1.807) is 23.3 Å². The molecule has 2 amide bonds. The summed E-state index contributed by atoms with van der Waals surface area (Å²) in [6.07, 6.45) is 4.50. The molecule has 0 spiro atoms. The molecule has 2 fully saturated rings. The summed E-state index contributed by atoms with van der Waals surface area (Å²) in [6, 6.07) is 4.05. The fourth-order valence-electron chi connectivity index (χ4n) is 3.40. The molecule has 1 aromatic rings. The molecular weight excluding hydrogens is 272 g/mol. The first-order chi connectivity index (χ1) is 9.62. The Morgan fingerprint density at radius 1 is 1.45 bits per heavy atom. The van der Waals surface area contributed by atoms with Gasteiger partial charge in [-0.2, -0.15) is 0 Å². The minimum atomic E-state index is -0.349. The van der Waals surface area contributed by atoms with E-state index < -0.39 is 0 Å². The van der Waals surface area contributed by atoms with E-state index in [0.717, 1.165) is 25.7 Å². The van der Waals surface area contributed by atoms with Gasteiger partial charge in [0, 0.05) is 24.9 Å². The van der Waals surface area contributed by atoms with Crippen LogP contribution in [-0.4, -0.2) is 36.3 Å². The molecule has 2 heterocycles. The van der Waals surface area contributed by atoms with E-state index in [0.29, 0.717) is 13.0 Å². The Morgan fingerprint density at radius 3 is 2.75 bits per heavy atom. The van der Waals surface area contributed by atoms with Crippen molar-refractivity contribution in [3.05, 3.63) is 22.4 Å². The number of hydrogen-bond donors (Lipinski definition) is 1. The first-order valence-corrected chi connectivity index (χ1v) is 8.09. The van der Waals surface area contributed by atoms with Crippen molar-refractivity contribution in [1.82, 2.24) is 10.2 Å². The Labute approximate surface area is 123 Å². The van der Waals surface area contributed by atoms with Crippen LogP contribution in [0.5, 0.6) is 0 Å². The molecule has 0 bridgehead atoms. The Kier molecular flexibility index (Phi) is 3.54. The van der Waals surface area contributed by atoms with Crippen molar-refractivity contribution in [2.75, 3.05) is 13.6 Å². The third-order valence-corrected chi connectivity index (χ3v) is 5.63. The van der Waals surface area contributed by atoms with Crippen LogP contribution < -0.4 is 5.32 Å². The predicted molar refractivity (Wildman–Crippen MR) is 78.6 cm³/mol. The Hall–Kier alpha value is -1.36. The van der Waals surface area contributed by atoms with Crippen LogP contribution in [0, 0.1) is 0 Å². The van der Waals surface area contributed by atoms with E-state index in [4.69, 9.17) is 0 Å². The lowest BCUT2D eigenvalue weighted by Crippen LogP contribution is -2.47. The van der Waals surface area contributed by atoms with Gasteiger partial charge in [0.1, 0.15) is 0 Å². The van der Waals surface area contributed by atoms with Gasteiger partial charge in [-0.1, -0.05) is 18.9 Å². The molecule has 1 aromatic heterocycles. The first kappa shape index (κ1) is 13.6. The van der Waals surface area contributed by atoms with Gasteiger partial charge in [0.05, 0.1) is 11.5 Å². The molecule has 1 atom stereocenters. The van der Waals surface area contributed by atoms with Crippen LogP contribution in [0.2, 0.25) is 0 Å². The van der Waals surface area contributed by atoms with Crippen molar-refractivity contribution in [3.63, 3.8) is 0 Å². The Bertz CT molecular complexity index is 506. The quantitative estimate of drug-likeness (QED) is 0.925. The van der Waals surface area contributed by atoms with Crippen molar-refractivity contribution < 1.29 is 9.59 Å². The molecule has 0 radical (unpaired) electrons. The molecule has 4 nitrogen and oxygen atoms in total. The van der Waals surface area contributed by atoms with Crippen LogP contribution in [0.3, 0.4) is 0 Å². The van der Waals surface area contributed by atoms with Crippen molar-refractivity contribution >= 4 is 23.2 Å². The summed E-state index contributed by atoms with van der Waals surface area (Å²) >= 11 is 1.67. The highest BCUT2D eigenvalue weighted by Crippen LogP contribution is 2.43. The molecule has 3 rings (SSSR count). The van der Waals surface area contributed by atoms with Gasteiger partial charge in [0.15, 0.2) is 0 Å². The monoisotopic (exact) mass is 292 g/mol. The SMILES string of the molecule is CN1C[C@H](NC(=O)C2(c3cccs3)CCCC2)CC1=O. The summed E-state index contributed by atoms with van der Waals surface area (Å²) in [6.45, 7) is 0.630. The lowest BCUT2D eigenvalue weighted by atomic mass is 9.83. The van der Waals surface area contributed by atoms with Crippen LogP contribution >= 0.6 is 11.3 Å². The lowest BCUT2D eigenvalue weighted by molar-refractivity contribution is -0.127. The van der Waals surface area contributed by atoms with Crippen LogP contribution in [0.25, 0.3) is 0 Å². The third kappa shape index (κ3) is 2.24. The van der Waals surface area contributed by atoms with Gasteiger partial charge in [-0.15, -0.1) is 11.3 Å². The number of likely N-dealkylation sites (N-methyl/N-ethyl adjacent to an activating group) is 1. The van der Waals surface area contributed by atoms with Gasteiger partial charge in [-0.25, -0.2) is 0 Å². The molecule has 20 heavy (non-hydrogen) atoms. The standard InChI is InChI=1S/C15H20N2O2S/c1-17-10-11(9-13(17)18)16-14(19)15(6-2-3-7-15)12-5-4-8-20-12/h4-5,8,11H,2-3,6-7,9-10H2,1H3,(H,16,19)/t11-/m1/s1. The predicted octanol–water partition coefficient (Wildman–Crippen LogP) is 1.91. The zero-order valence-corrected chi connectivity index (χ0v) is 12.5. The molecule has 5 heteroatoms. The van der Waals surface area contributed by atoms with Crippen LogP contribution in [-0.2, 0) is 15.0 Å². The summed E-state index contributed by atoms with van der Waals surface area (Å²) in [4.78, 5) is 27.2. The topological polar surface area (TPSA) is 49.4 Å². The summed E-state index contributed by atoms with van der Waals surface area (Å²) < 4.78 is 0. The van der Waals surface area contributed by atoms with Crippen LogP contribution in [0.1, 0.15) is 37.0 Å². The number of carbonyl (C=O) groups excluding carboxylic acids is 2. The minimum absolute atomic E-state index is 0.0302. The maximum atomic E-state index is 12.8. The summed E-state index contributed by atoms with van der Waals surface area (Å²) in [5.74, 6) is 0.234. The molecule has 1 N–H and O–H groups in total. The molecular formula is C15H20N2O2S. The maximum absolute atomic E-state index is 12.8. The van der Waals surface area contributed by atoms with Gasteiger partial charge >= 0.3 is 0 Å². The Morgan fingerprint density at radius 2 is 2.20 bits per heavy atom. The van der Waals surface area contributed by atoms with Gasteiger partial charge in [-0.3, -0.25) is 9.59 Å². The number of thiophene rings is 1. The zero-order valence-electron chi connectivity index (χ0n) is 11.7. The van der Waals surface area contributed by atoms with E-state index >= 15 is 0 Å². The molecule has 1 saturated carbocycles. The number of nitrogens with one attached hydrogen (secondary N) is 1. The lowest BCUT2D eigenvalue weighted by Gasteiger charge is -2.28. The number of hydrogen-bond acceptors (Lipinski definition) is 3. The highest BCUT2D eigenvalue weighted by atomic mass is 32.1. The number of nitrogens with zero attached hydrogens (tertiary/aromatic N) is 1. The highest BCUT2D eigenvalue weighted by Gasteiger charge is 2.44. The van der Waals surface area contributed by atoms with Crippen molar-refractivity contribution in [1.29, 1.82) is 0 Å². The van der Waals surface area contributed by atoms with Gasteiger partial charge in [0.25, 0.3) is 0 Å². The van der Waals surface area contributed by atoms with Crippen molar-refractivity contribution in [2.24, 2.45) is 0 Å². The number of carbonyl (C=O) groups is 2. The second-order valence-corrected chi connectivity index (χ2v) is 6.86. The van der Waals surface area contributed by atoms with Gasteiger partial charge < -0.3 is 10.2 Å². The van der Waals surface area contributed by atoms with Gasteiger partial charge in [-0.05, 0) is 24.3 Å². The maximum Gasteiger partial charge on any atom is 0.231 e. The second kappa shape index (κ2) is 5.20. The smallest absolute Gasteiger partial charge is 0.231 e. The Balaban J connectivity index is 1.76. The highest BCUT2D eigenvalue weighted by molar-refractivity contribution is 7.10. The van der Waals surface area contributed by atoms with Crippen molar-refractivity contribution in [2.45, 2.75) is 43.6 Å². The summed E-state index contributed by atoms with van der Waals surface area (Å²) in [7, 11) is 1.79. The molecule has 1 aliphatic heterocycles. The number of rotatable bonds is 3. The molecule has 2 aliphatic rings. The second-order valence-electron chi connectivity index (χ2n) is 5.92. The largest absolute Gasteiger partial charge is 0.350 e. The van der Waals surface area contributed by atoms with E-state index in [9.17, 15) is 9.59 Å². The van der Waals surface area contributed by atoms with E-state index in [-0.39, 0.29) is 23.3 Å². The molecule has 0 aromatic carbocycles. The molecule has 108 valence electrons. The number of amides is 2. The fourth-order valence-corrected chi connectivity index (χ4v) is 4.38. The van der Waals surface area contributed by atoms with Crippen molar-refractivity contribution in [3.8, 4) is 0 Å². The third-order valence-electron chi connectivity index (χ3n) is 4.56. The van der Waals surface area contributed by atoms with E-state index in [1.807, 2.05) is 11.4 Å². The van der Waals surface area contributed by atoms with E-state index in [2.05, 4.69) is 11.4 Å². The number of likely N-dealkylation sites (tertiary alicyclic amines) is 1. The fraction of sp³-hybridized carbons (Fsp3) is 0.600. The average Bonchev–Trinajstić information content (AvgIpc) is 3.12. The normalized spacial score (nSPS) is 25.1. The van der Waals surface area contributed by atoms with Crippen LogP contribution in [0.15, 0.2) is 17.5 Å². The van der Waals surface area contributed by atoms with Gasteiger partial charge in [0.2, 0.25) is 11.8 Å². The molecule has 0 unspecified atom stereocenters. The van der Waals surface area contributed by atoms with E-state index in [1.165, 1.54) is 4.88 Å². The molecule has 1 saturated heterocycles. The average molecular weight is 292 g/mol.